The number of rotatable bonds is 5. The second kappa shape index (κ2) is 5.02. The molecule has 0 bridgehead atoms. The van der Waals surface area contributed by atoms with Gasteiger partial charge in [-0.05, 0) is 24.7 Å². The van der Waals surface area contributed by atoms with Crippen LogP contribution in [0.4, 0.5) is 0 Å². The predicted molar refractivity (Wildman–Crippen MR) is 89.4 cm³/mol. The highest BCUT2D eigenvalue weighted by Gasteiger charge is 2.58. The van der Waals surface area contributed by atoms with Gasteiger partial charge in [0.1, 0.15) is 7.14 Å². The highest BCUT2D eigenvalue weighted by Crippen LogP contribution is 2.73. The summed E-state index contributed by atoms with van der Waals surface area (Å²) in [6.07, 6.45) is 2.47. The summed E-state index contributed by atoms with van der Waals surface area (Å²) in [5.74, 6) is 1.01. The summed E-state index contributed by atoms with van der Waals surface area (Å²) >= 11 is 0. The summed E-state index contributed by atoms with van der Waals surface area (Å²) in [5.41, 5.74) is 0. The molecule has 1 aromatic carbocycles. The van der Waals surface area contributed by atoms with E-state index in [-0.39, 0.29) is 10.3 Å². The Kier molecular flexibility index (Phi) is 3.97. The van der Waals surface area contributed by atoms with Crippen LogP contribution < -0.4 is 5.30 Å². The zero-order chi connectivity index (χ0) is 15.2. The van der Waals surface area contributed by atoms with Crippen molar-refractivity contribution >= 4 is 12.4 Å². The van der Waals surface area contributed by atoms with Crippen LogP contribution in [0.3, 0.4) is 0 Å². The molecule has 112 valence electrons. The first kappa shape index (κ1) is 15.8. The zero-order valence-corrected chi connectivity index (χ0v) is 14.7. The van der Waals surface area contributed by atoms with Gasteiger partial charge in [0.15, 0.2) is 0 Å². The van der Waals surface area contributed by atoms with Crippen LogP contribution in [0.15, 0.2) is 30.3 Å². The van der Waals surface area contributed by atoms with Crippen molar-refractivity contribution in [3.8, 4) is 0 Å². The lowest BCUT2D eigenvalue weighted by molar-refractivity contribution is 0.427. The van der Waals surface area contributed by atoms with Gasteiger partial charge in [-0.25, -0.2) is 0 Å². The van der Waals surface area contributed by atoms with E-state index in [2.05, 4.69) is 53.7 Å². The lowest BCUT2D eigenvalue weighted by Gasteiger charge is -2.47. The number of benzene rings is 1. The highest BCUT2D eigenvalue weighted by atomic mass is 31.2. The second-order valence-corrected chi connectivity index (χ2v) is 11.7. The van der Waals surface area contributed by atoms with Crippen LogP contribution in [-0.2, 0) is 4.57 Å². The van der Waals surface area contributed by atoms with Gasteiger partial charge in [0.25, 0.3) is 0 Å². The summed E-state index contributed by atoms with van der Waals surface area (Å²) in [7, 11) is -2.53. The van der Waals surface area contributed by atoms with Crippen molar-refractivity contribution in [1.29, 1.82) is 0 Å². The van der Waals surface area contributed by atoms with Gasteiger partial charge in [-0.2, -0.15) is 0 Å². The second-order valence-electron chi connectivity index (χ2n) is 7.68. The summed E-state index contributed by atoms with van der Waals surface area (Å²) in [4.78, 5) is 0. The third-order valence-corrected chi connectivity index (χ3v) is 10.9. The first-order valence-corrected chi connectivity index (χ1v) is 9.52. The van der Waals surface area contributed by atoms with Crippen LogP contribution in [0.25, 0.3) is 0 Å². The Morgan fingerprint density at radius 1 is 1.05 bits per heavy atom. The maximum absolute atomic E-state index is 14.4. The molecule has 0 radical (unpaired) electrons. The molecule has 1 unspecified atom stereocenters. The molecule has 1 atom stereocenters. The molecule has 0 N–H and O–H groups in total. The van der Waals surface area contributed by atoms with Crippen LogP contribution in [0, 0.1) is 11.8 Å². The third-order valence-electron chi connectivity index (χ3n) is 5.73. The van der Waals surface area contributed by atoms with Crippen LogP contribution in [-0.4, -0.2) is 10.3 Å². The largest absolute Gasteiger partial charge is 0.317 e. The summed E-state index contributed by atoms with van der Waals surface area (Å²) < 4.78 is 14.4. The predicted octanol–water partition coefficient (Wildman–Crippen LogP) is 5.30. The van der Waals surface area contributed by atoms with E-state index in [0.717, 1.165) is 5.30 Å². The minimum absolute atomic E-state index is 0.109. The van der Waals surface area contributed by atoms with Crippen LogP contribution in [0.1, 0.15) is 54.4 Å². The third kappa shape index (κ3) is 2.19. The van der Waals surface area contributed by atoms with Crippen molar-refractivity contribution in [3.63, 3.8) is 0 Å². The van der Waals surface area contributed by atoms with Crippen molar-refractivity contribution in [1.82, 2.24) is 0 Å². The Morgan fingerprint density at radius 2 is 1.55 bits per heavy atom. The monoisotopic (exact) mass is 292 g/mol. The minimum Gasteiger partial charge on any atom is -0.317 e. The Bertz CT molecular complexity index is 491. The Hall–Kier alpha value is -0.550. The van der Waals surface area contributed by atoms with Gasteiger partial charge in [-0.1, -0.05) is 71.9 Å². The van der Waals surface area contributed by atoms with Crippen molar-refractivity contribution in [2.75, 3.05) is 0 Å². The van der Waals surface area contributed by atoms with Crippen LogP contribution in [0.2, 0.25) is 0 Å². The smallest absolute Gasteiger partial charge is 0.126 e. The molecule has 1 nitrogen and oxygen atoms in total. The van der Waals surface area contributed by atoms with Crippen LogP contribution >= 0.6 is 7.14 Å². The molecule has 1 fully saturated rings. The molecule has 2 rings (SSSR count). The average molecular weight is 292 g/mol. The van der Waals surface area contributed by atoms with E-state index in [4.69, 9.17) is 0 Å². The van der Waals surface area contributed by atoms with E-state index in [1.54, 1.807) is 0 Å². The van der Waals surface area contributed by atoms with Crippen molar-refractivity contribution in [2.45, 2.75) is 64.7 Å². The molecule has 1 aromatic rings. The standard InChI is InChI=1S/C18H29OP/c1-14(2)17(3,4)20(19,16-10-8-7-9-11-16)18(5,6)15-12-13-15/h7-11,14-15H,12-13H2,1-6H3. The fourth-order valence-corrected chi connectivity index (χ4v) is 8.36. The van der Waals surface area contributed by atoms with E-state index >= 15 is 0 Å². The van der Waals surface area contributed by atoms with E-state index in [0.29, 0.717) is 11.8 Å². The highest BCUT2D eigenvalue weighted by molar-refractivity contribution is 7.74. The summed E-state index contributed by atoms with van der Waals surface area (Å²) in [6.45, 7) is 13.3. The quantitative estimate of drug-likeness (QED) is 0.673. The molecule has 1 aliphatic carbocycles. The van der Waals surface area contributed by atoms with Crippen LogP contribution in [0.5, 0.6) is 0 Å². The molecule has 0 aliphatic heterocycles. The zero-order valence-electron chi connectivity index (χ0n) is 13.8. The van der Waals surface area contributed by atoms with Gasteiger partial charge in [0, 0.05) is 15.6 Å². The number of hydrogen-bond acceptors (Lipinski definition) is 1. The molecule has 0 aromatic heterocycles. The fourth-order valence-electron chi connectivity index (χ4n) is 3.46. The van der Waals surface area contributed by atoms with E-state index in [1.165, 1.54) is 12.8 Å². The molecule has 2 heteroatoms. The van der Waals surface area contributed by atoms with Gasteiger partial charge < -0.3 is 4.57 Å². The average Bonchev–Trinajstić information content (AvgIpc) is 3.22. The molecule has 1 aliphatic rings. The molecule has 0 amide bonds. The van der Waals surface area contributed by atoms with E-state index in [1.807, 2.05) is 18.2 Å². The summed E-state index contributed by atoms with van der Waals surface area (Å²) in [6, 6.07) is 10.2. The van der Waals surface area contributed by atoms with Crippen molar-refractivity contribution < 1.29 is 4.57 Å². The molecule has 0 spiro atoms. The Morgan fingerprint density at radius 3 is 1.95 bits per heavy atom. The van der Waals surface area contributed by atoms with Gasteiger partial charge >= 0.3 is 0 Å². The normalized spacial score (nSPS) is 19.9. The maximum atomic E-state index is 14.4. The summed E-state index contributed by atoms with van der Waals surface area (Å²) in [5, 5.41) is 0.776. The van der Waals surface area contributed by atoms with Gasteiger partial charge in [-0.15, -0.1) is 0 Å². The molecule has 20 heavy (non-hydrogen) atoms. The lowest BCUT2D eigenvalue weighted by atomic mass is 9.99. The Labute approximate surface area is 124 Å². The van der Waals surface area contributed by atoms with E-state index in [9.17, 15) is 4.57 Å². The molecular formula is C18H29OP. The first-order valence-electron chi connectivity index (χ1n) is 7.81. The first-order chi connectivity index (χ1) is 9.15. The lowest BCUT2D eigenvalue weighted by Crippen LogP contribution is -2.42. The fraction of sp³-hybridized carbons (Fsp3) is 0.667. The van der Waals surface area contributed by atoms with Gasteiger partial charge in [0.05, 0.1) is 0 Å². The Balaban J connectivity index is 2.64. The SMILES string of the molecule is CC(C)C(C)(C)P(=O)(c1ccccc1)C(C)(C)C1CC1. The van der Waals surface area contributed by atoms with Gasteiger partial charge in [0.2, 0.25) is 0 Å². The maximum Gasteiger partial charge on any atom is 0.126 e. The number of hydrogen-bond donors (Lipinski definition) is 0. The molecule has 1 saturated carbocycles. The molecule has 0 saturated heterocycles. The topological polar surface area (TPSA) is 17.1 Å². The molecular weight excluding hydrogens is 263 g/mol. The van der Waals surface area contributed by atoms with Gasteiger partial charge in [-0.3, -0.25) is 0 Å². The van der Waals surface area contributed by atoms with Crippen molar-refractivity contribution in [3.05, 3.63) is 30.3 Å². The molecule has 0 heterocycles. The van der Waals surface area contributed by atoms with Crippen molar-refractivity contribution in [2.24, 2.45) is 11.8 Å². The van der Waals surface area contributed by atoms with E-state index < -0.39 is 7.14 Å². The minimum atomic E-state index is -2.53.